The first-order chi connectivity index (χ1) is 22.7. The fraction of sp³-hybridized carbons (Fsp3) is 0. The summed E-state index contributed by atoms with van der Waals surface area (Å²) in [4.78, 5) is 27.2. The molecule has 0 saturated carbocycles. The van der Waals surface area contributed by atoms with Crippen molar-refractivity contribution in [2.45, 2.75) is 0 Å². The second-order valence-electron chi connectivity index (χ2n) is 12.6. The van der Waals surface area contributed by atoms with Crippen LogP contribution in [0.1, 0.15) is 31.8 Å². The summed E-state index contributed by atoms with van der Waals surface area (Å²) < 4.78 is 0. The van der Waals surface area contributed by atoms with Gasteiger partial charge in [-0.15, -0.1) is 0 Å². The molecule has 0 atom stereocenters. The van der Waals surface area contributed by atoms with Crippen molar-refractivity contribution in [3.63, 3.8) is 0 Å². The molecular formula is C42H24B2O2. The van der Waals surface area contributed by atoms with Crippen molar-refractivity contribution in [3.8, 4) is 0 Å². The quantitative estimate of drug-likeness (QED) is 0.219. The second kappa shape index (κ2) is 9.39. The molecule has 0 bridgehead atoms. The van der Waals surface area contributed by atoms with Crippen LogP contribution in [0.25, 0.3) is 32.3 Å². The zero-order chi connectivity index (χ0) is 30.5. The Bertz CT molecular complexity index is 2320. The lowest BCUT2D eigenvalue weighted by Crippen LogP contribution is -2.58. The van der Waals surface area contributed by atoms with E-state index in [4.69, 9.17) is 0 Å². The maximum Gasteiger partial charge on any atom is 0.243 e. The summed E-state index contributed by atoms with van der Waals surface area (Å²) in [6, 6.07) is 50.4. The molecule has 4 heteroatoms. The molecular weight excluding hydrogens is 558 g/mol. The molecule has 0 radical (unpaired) electrons. The van der Waals surface area contributed by atoms with Crippen LogP contribution in [0.4, 0.5) is 0 Å². The Hall–Kier alpha value is -5.73. The third-order valence-electron chi connectivity index (χ3n) is 10.4. The average molecular weight is 582 g/mol. The van der Waals surface area contributed by atoms with Crippen LogP contribution >= 0.6 is 0 Å². The molecule has 10 rings (SSSR count). The van der Waals surface area contributed by atoms with Crippen LogP contribution in [0, 0.1) is 0 Å². The van der Waals surface area contributed by atoms with E-state index in [-0.39, 0.29) is 25.0 Å². The number of benzene rings is 8. The first kappa shape index (κ1) is 25.6. The molecule has 0 amide bonds. The monoisotopic (exact) mass is 582 g/mol. The van der Waals surface area contributed by atoms with Crippen molar-refractivity contribution in [1.29, 1.82) is 0 Å². The molecule has 0 aliphatic carbocycles. The lowest BCUT2D eigenvalue weighted by atomic mass is 9.32. The third kappa shape index (κ3) is 3.33. The molecule has 0 fully saturated rings. The van der Waals surface area contributed by atoms with Gasteiger partial charge in [-0.1, -0.05) is 178 Å². The molecule has 0 saturated heterocycles. The van der Waals surface area contributed by atoms with Crippen LogP contribution in [-0.2, 0) is 0 Å². The van der Waals surface area contributed by atoms with E-state index in [1.165, 1.54) is 43.2 Å². The first-order valence-corrected chi connectivity index (χ1v) is 15.8. The summed E-state index contributed by atoms with van der Waals surface area (Å²) in [6.45, 7) is -0.116. The molecule has 2 aliphatic heterocycles. The van der Waals surface area contributed by atoms with Crippen molar-refractivity contribution >= 4 is 90.1 Å². The summed E-state index contributed by atoms with van der Waals surface area (Å²) in [6.07, 6.45) is 0. The van der Waals surface area contributed by atoms with Crippen LogP contribution in [-0.4, -0.2) is 25.0 Å². The molecule has 8 aromatic rings. The molecule has 0 spiro atoms. The fourth-order valence-electron chi connectivity index (χ4n) is 8.47. The summed E-state index contributed by atoms with van der Waals surface area (Å²) in [5.41, 5.74) is 9.77. The molecule has 2 heterocycles. The van der Waals surface area contributed by atoms with Gasteiger partial charge in [-0.05, 0) is 32.3 Å². The lowest BCUT2D eigenvalue weighted by Gasteiger charge is -2.28. The highest BCUT2D eigenvalue weighted by molar-refractivity contribution is 7.00. The number of rotatable bonds is 2. The van der Waals surface area contributed by atoms with E-state index in [0.29, 0.717) is 0 Å². The predicted octanol–water partition coefficient (Wildman–Crippen LogP) is 4.71. The molecule has 46 heavy (non-hydrogen) atoms. The summed E-state index contributed by atoms with van der Waals surface area (Å²) in [5, 5.41) is 7.29. The van der Waals surface area contributed by atoms with E-state index < -0.39 is 0 Å². The molecule has 2 nitrogen and oxygen atoms in total. The fourth-order valence-corrected chi connectivity index (χ4v) is 8.47. The van der Waals surface area contributed by atoms with Gasteiger partial charge < -0.3 is 0 Å². The highest BCUT2D eigenvalue weighted by atomic mass is 16.1. The zero-order valence-electron chi connectivity index (χ0n) is 24.8. The molecule has 210 valence electrons. The molecule has 0 N–H and O–H groups in total. The van der Waals surface area contributed by atoms with Crippen molar-refractivity contribution < 1.29 is 9.59 Å². The third-order valence-corrected chi connectivity index (χ3v) is 10.4. The van der Waals surface area contributed by atoms with Gasteiger partial charge in [-0.3, -0.25) is 9.59 Å². The second-order valence-corrected chi connectivity index (χ2v) is 12.6. The van der Waals surface area contributed by atoms with E-state index in [2.05, 4.69) is 72.8 Å². The average Bonchev–Trinajstić information content (AvgIpc) is 3.12. The first-order valence-electron chi connectivity index (χ1n) is 15.8. The normalized spacial score (nSPS) is 13.7. The van der Waals surface area contributed by atoms with Gasteiger partial charge >= 0.3 is 0 Å². The Morgan fingerprint density at radius 1 is 0.304 bits per heavy atom. The minimum absolute atomic E-state index is 0.0581. The molecule has 2 aliphatic rings. The Morgan fingerprint density at radius 2 is 0.609 bits per heavy atom. The van der Waals surface area contributed by atoms with Crippen molar-refractivity contribution in [2.75, 3.05) is 0 Å². The number of fused-ring (bicyclic) bond motifs is 4. The predicted molar refractivity (Wildman–Crippen MR) is 192 cm³/mol. The van der Waals surface area contributed by atoms with Gasteiger partial charge in [0.25, 0.3) is 0 Å². The maximum absolute atomic E-state index is 13.6. The summed E-state index contributed by atoms with van der Waals surface area (Å²) in [7, 11) is 0. The van der Waals surface area contributed by atoms with E-state index in [9.17, 15) is 9.59 Å². The number of carbonyl (C=O) groups excluding carboxylic acids is 2. The number of ketones is 2. The van der Waals surface area contributed by atoms with Gasteiger partial charge in [0.2, 0.25) is 13.4 Å². The molecule has 0 aromatic heterocycles. The topological polar surface area (TPSA) is 34.1 Å². The van der Waals surface area contributed by atoms with E-state index in [1.807, 2.05) is 72.8 Å². The largest absolute Gasteiger partial charge is 0.289 e. The number of carbonyl (C=O) groups is 2. The van der Waals surface area contributed by atoms with Gasteiger partial charge in [0.05, 0.1) is 0 Å². The summed E-state index contributed by atoms with van der Waals surface area (Å²) >= 11 is 0. The van der Waals surface area contributed by atoms with Gasteiger partial charge in [-0.25, -0.2) is 0 Å². The van der Waals surface area contributed by atoms with E-state index in [1.54, 1.807) is 0 Å². The lowest BCUT2D eigenvalue weighted by molar-refractivity contribution is 0.103. The van der Waals surface area contributed by atoms with E-state index >= 15 is 0 Å². The summed E-state index contributed by atoms with van der Waals surface area (Å²) in [5.74, 6) is 0.188. The van der Waals surface area contributed by atoms with Crippen LogP contribution in [0.15, 0.2) is 146 Å². The minimum atomic E-state index is -0.0581. The van der Waals surface area contributed by atoms with Gasteiger partial charge in [0.1, 0.15) is 0 Å². The minimum Gasteiger partial charge on any atom is -0.289 e. The van der Waals surface area contributed by atoms with E-state index in [0.717, 1.165) is 44.1 Å². The Balaban J connectivity index is 1.27. The Labute approximate surface area is 266 Å². The van der Waals surface area contributed by atoms with Gasteiger partial charge in [0, 0.05) is 22.3 Å². The number of hydrogen-bond donors (Lipinski definition) is 0. The van der Waals surface area contributed by atoms with Gasteiger partial charge in [-0.2, -0.15) is 0 Å². The standard InChI is InChI=1S/C42H24B2O2/c45-41-29-9-1-5-13-33(29)43(34-14-6-2-10-30(34)41)37-23-19-25-17-18-26-20-24-38(28-22-21-27(37)39(25)40(26)28)44-35-15-7-3-11-31(35)42(46)32-12-4-8-16-36(32)44/h1-24H. The number of hydrogen-bond acceptors (Lipinski definition) is 2. The van der Waals surface area contributed by atoms with Crippen molar-refractivity contribution in [1.82, 2.24) is 0 Å². The Morgan fingerprint density at radius 3 is 0.957 bits per heavy atom. The highest BCUT2D eigenvalue weighted by Crippen LogP contribution is 2.34. The van der Waals surface area contributed by atoms with Crippen LogP contribution in [0.3, 0.4) is 0 Å². The molecule has 8 aromatic carbocycles. The maximum atomic E-state index is 13.6. The molecule has 0 unspecified atom stereocenters. The van der Waals surface area contributed by atoms with Crippen molar-refractivity contribution in [2.24, 2.45) is 0 Å². The van der Waals surface area contributed by atoms with Crippen LogP contribution in [0.2, 0.25) is 0 Å². The smallest absolute Gasteiger partial charge is 0.243 e. The van der Waals surface area contributed by atoms with Crippen LogP contribution in [0.5, 0.6) is 0 Å². The highest BCUT2D eigenvalue weighted by Gasteiger charge is 2.37. The van der Waals surface area contributed by atoms with Crippen LogP contribution < -0.4 is 32.8 Å². The SMILES string of the molecule is O=C1c2ccccc2B(c2ccc3ccc4ccc(B5c6ccccc6C(=O)c6ccccc65)c5ccc2c3c45)c2ccccc21. The zero-order valence-corrected chi connectivity index (χ0v) is 24.8. The van der Waals surface area contributed by atoms with Crippen molar-refractivity contribution in [3.05, 3.63) is 168 Å². The van der Waals surface area contributed by atoms with Gasteiger partial charge in [0.15, 0.2) is 11.6 Å². The Kier molecular flexibility index (Phi) is 5.22.